The lowest BCUT2D eigenvalue weighted by Gasteiger charge is -2.12. The van der Waals surface area contributed by atoms with Gasteiger partial charge in [0.1, 0.15) is 12.2 Å². The lowest BCUT2D eigenvalue weighted by molar-refractivity contribution is -0.146. The van der Waals surface area contributed by atoms with Gasteiger partial charge in [0.15, 0.2) is 0 Å². The second-order valence-electron chi connectivity index (χ2n) is 4.46. The van der Waals surface area contributed by atoms with Gasteiger partial charge in [-0.15, -0.1) is 0 Å². The molecule has 0 aromatic carbocycles. The average molecular weight is 242 g/mol. The Balaban J connectivity index is 3.94. The molecule has 17 heavy (non-hydrogen) atoms. The molecule has 100 valence electrons. The summed E-state index contributed by atoms with van der Waals surface area (Å²) in [5.74, 6) is -0.286. The molecule has 0 heterocycles. The molecule has 0 amide bonds. The second-order valence-corrected chi connectivity index (χ2v) is 4.46. The first-order valence-electron chi connectivity index (χ1n) is 6.83. The van der Waals surface area contributed by atoms with E-state index in [0.717, 1.165) is 38.5 Å². The molecule has 0 aromatic rings. The SMILES string of the molecule is CCCCCC(CC)C(=O)CC(=O)OCCC. The number of Topliss-reactive ketones (excluding diaryl/α,β-unsaturated/α-hetero) is 1. The number of esters is 1. The minimum absolute atomic E-state index is 0.0377. The van der Waals surface area contributed by atoms with Crippen LogP contribution in [0.3, 0.4) is 0 Å². The van der Waals surface area contributed by atoms with E-state index in [1.54, 1.807) is 0 Å². The summed E-state index contributed by atoms with van der Waals surface area (Å²) in [6.07, 6.45) is 5.87. The number of hydrogen-bond acceptors (Lipinski definition) is 3. The van der Waals surface area contributed by atoms with Crippen LogP contribution in [0.15, 0.2) is 0 Å². The van der Waals surface area contributed by atoms with Gasteiger partial charge in [-0.25, -0.2) is 0 Å². The van der Waals surface area contributed by atoms with Gasteiger partial charge >= 0.3 is 5.97 Å². The summed E-state index contributed by atoms with van der Waals surface area (Å²) in [5.41, 5.74) is 0. The van der Waals surface area contributed by atoms with Crippen molar-refractivity contribution in [3.8, 4) is 0 Å². The molecule has 0 radical (unpaired) electrons. The van der Waals surface area contributed by atoms with Crippen molar-refractivity contribution in [3.63, 3.8) is 0 Å². The molecule has 0 fully saturated rings. The number of carbonyl (C=O) groups is 2. The molecule has 0 saturated carbocycles. The first kappa shape index (κ1) is 16.1. The largest absolute Gasteiger partial charge is 0.465 e. The predicted molar refractivity (Wildman–Crippen MR) is 68.8 cm³/mol. The Morgan fingerprint density at radius 3 is 2.29 bits per heavy atom. The van der Waals surface area contributed by atoms with Crippen LogP contribution < -0.4 is 0 Å². The Kier molecular flexibility index (Phi) is 9.78. The Bertz CT molecular complexity index is 224. The summed E-state index contributed by atoms with van der Waals surface area (Å²) in [4.78, 5) is 23.2. The van der Waals surface area contributed by atoms with Crippen LogP contribution in [0.1, 0.15) is 65.7 Å². The maximum atomic E-state index is 11.8. The Morgan fingerprint density at radius 2 is 1.76 bits per heavy atom. The van der Waals surface area contributed by atoms with Gasteiger partial charge in [-0.2, -0.15) is 0 Å². The lowest BCUT2D eigenvalue weighted by Crippen LogP contribution is -2.19. The van der Waals surface area contributed by atoms with Crippen LogP contribution in [0, 0.1) is 5.92 Å². The first-order chi connectivity index (χ1) is 8.15. The Hall–Kier alpha value is -0.860. The van der Waals surface area contributed by atoms with Crippen molar-refractivity contribution in [2.24, 2.45) is 5.92 Å². The van der Waals surface area contributed by atoms with E-state index in [-0.39, 0.29) is 24.1 Å². The van der Waals surface area contributed by atoms with Gasteiger partial charge < -0.3 is 4.74 Å². The molecule has 1 atom stereocenters. The van der Waals surface area contributed by atoms with E-state index < -0.39 is 0 Å². The first-order valence-corrected chi connectivity index (χ1v) is 6.83. The van der Waals surface area contributed by atoms with E-state index >= 15 is 0 Å². The van der Waals surface area contributed by atoms with Crippen LogP contribution in [0.5, 0.6) is 0 Å². The van der Waals surface area contributed by atoms with Crippen molar-refractivity contribution in [1.29, 1.82) is 0 Å². The monoisotopic (exact) mass is 242 g/mol. The Labute approximate surface area is 105 Å². The molecule has 1 unspecified atom stereocenters. The van der Waals surface area contributed by atoms with Gasteiger partial charge in [-0.3, -0.25) is 9.59 Å². The Morgan fingerprint density at radius 1 is 1.06 bits per heavy atom. The fourth-order valence-corrected chi connectivity index (χ4v) is 1.79. The van der Waals surface area contributed by atoms with Crippen LogP contribution >= 0.6 is 0 Å². The maximum Gasteiger partial charge on any atom is 0.313 e. The highest BCUT2D eigenvalue weighted by atomic mass is 16.5. The highest BCUT2D eigenvalue weighted by Gasteiger charge is 2.19. The summed E-state index contributed by atoms with van der Waals surface area (Å²) in [6, 6.07) is 0. The van der Waals surface area contributed by atoms with E-state index in [0.29, 0.717) is 6.61 Å². The van der Waals surface area contributed by atoms with Gasteiger partial charge in [0.25, 0.3) is 0 Å². The summed E-state index contributed by atoms with van der Waals surface area (Å²) < 4.78 is 4.92. The number of rotatable bonds is 10. The van der Waals surface area contributed by atoms with Crippen molar-refractivity contribution in [3.05, 3.63) is 0 Å². The van der Waals surface area contributed by atoms with Crippen LogP contribution in [0.4, 0.5) is 0 Å². The zero-order chi connectivity index (χ0) is 13.1. The quantitative estimate of drug-likeness (QED) is 0.334. The number of hydrogen-bond donors (Lipinski definition) is 0. The average Bonchev–Trinajstić information content (AvgIpc) is 2.32. The number of unbranched alkanes of at least 4 members (excludes halogenated alkanes) is 2. The zero-order valence-corrected chi connectivity index (χ0v) is 11.5. The van der Waals surface area contributed by atoms with Gasteiger partial charge in [-0.1, -0.05) is 40.0 Å². The highest BCUT2D eigenvalue weighted by molar-refractivity contribution is 5.96. The molecule has 0 N–H and O–H groups in total. The smallest absolute Gasteiger partial charge is 0.313 e. The topological polar surface area (TPSA) is 43.4 Å². The maximum absolute atomic E-state index is 11.8. The van der Waals surface area contributed by atoms with E-state index in [4.69, 9.17) is 4.74 Å². The van der Waals surface area contributed by atoms with Gasteiger partial charge in [-0.05, 0) is 19.3 Å². The third kappa shape index (κ3) is 7.94. The number of ether oxygens (including phenoxy) is 1. The molecule has 3 heteroatoms. The molecule has 0 rings (SSSR count). The molecule has 3 nitrogen and oxygen atoms in total. The van der Waals surface area contributed by atoms with E-state index in [2.05, 4.69) is 6.92 Å². The fourth-order valence-electron chi connectivity index (χ4n) is 1.79. The minimum Gasteiger partial charge on any atom is -0.465 e. The number of carbonyl (C=O) groups excluding carboxylic acids is 2. The van der Waals surface area contributed by atoms with E-state index in [9.17, 15) is 9.59 Å². The minimum atomic E-state index is -0.370. The summed E-state index contributed by atoms with van der Waals surface area (Å²) >= 11 is 0. The summed E-state index contributed by atoms with van der Waals surface area (Å²) in [6.45, 7) is 6.50. The molecular weight excluding hydrogens is 216 g/mol. The molecular formula is C14H26O3. The normalized spacial score (nSPS) is 12.2. The summed E-state index contributed by atoms with van der Waals surface area (Å²) in [5, 5.41) is 0. The zero-order valence-electron chi connectivity index (χ0n) is 11.5. The third-order valence-electron chi connectivity index (χ3n) is 2.89. The second kappa shape index (κ2) is 10.3. The molecule has 0 aliphatic rings. The van der Waals surface area contributed by atoms with E-state index in [1.165, 1.54) is 0 Å². The molecule has 0 spiro atoms. The molecule has 0 bridgehead atoms. The van der Waals surface area contributed by atoms with Crippen LogP contribution in [0.2, 0.25) is 0 Å². The lowest BCUT2D eigenvalue weighted by atomic mass is 9.92. The van der Waals surface area contributed by atoms with Crippen LogP contribution in [-0.4, -0.2) is 18.4 Å². The highest BCUT2D eigenvalue weighted by Crippen LogP contribution is 2.16. The third-order valence-corrected chi connectivity index (χ3v) is 2.89. The molecule has 0 aromatic heterocycles. The van der Waals surface area contributed by atoms with Crippen molar-refractivity contribution in [1.82, 2.24) is 0 Å². The molecule has 0 aliphatic carbocycles. The van der Waals surface area contributed by atoms with Crippen LogP contribution in [0.25, 0.3) is 0 Å². The summed E-state index contributed by atoms with van der Waals surface area (Å²) in [7, 11) is 0. The standard InChI is InChI=1S/C14H26O3/c1-4-7-8-9-12(6-3)13(15)11-14(16)17-10-5-2/h12H,4-11H2,1-3H3. The van der Waals surface area contributed by atoms with E-state index in [1.807, 2.05) is 13.8 Å². The van der Waals surface area contributed by atoms with Gasteiger partial charge in [0, 0.05) is 5.92 Å². The molecule has 0 saturated heterocycles. The van der Waals surface area contributed by atoms with Crippen molar-refractivity contribution in [2.75, 3.05) is 6.61 Å². The van der Waals surface area contributed by atoms with Crippen LogP contribution in [-0.2, 0) is 14.3 Å². The molecule has 0 aliphatic heterocycles. The predicted octanol–water partition coefficient (Wildman–Crippen LogP) is 3.51. The van der Waals surface area contributed by atoms with Crippen molar-refractivity contribution < 1.29 is 14.3 Å². The van der Waals surface area contributed by atoms with Crippen molar-refractivity contribution in [2.45, 2.75) is 65.7 Å². The van der Waals surface area contributed by atoms with Gasteiger partial charge in [0.05, 0.1) is 6.61 Å². The number of ketones is 1. The van der Waals surface area contributed by atoms with Crippen molar-refractivity contribution >= 4 is 11.8 Å². The fraction of sp³-hybridized carbons (Fsp3) is 0.857. The van der Waals surface area contributed by atoms with Gasteiger partial charge in [0.2, 0.25) is 0 Å².